The van der Waals surface area contributed by atoms with Crippen molar-refractivity contribution in [2.24, 2.45) is 11.5 Å². The van der Waals surface area contributed by atoms with Crippen LogP contribution in [0.1, 0.15) is 36.6 Å². The maximum Gasteiger partial charge on any atom is 0.122 e. The van der Waals surface area contributed by atoms with Crippen LogP contribution >= 0.6 is 0 Å². The lowest BCUT2D eigenvalue weighted by Crippen LogP contribution is -2.44. The van der Waals surface area contributed by atoms with Crippen molar-refractivity contribution in [3.8, 4) is 5.75 Å². The third-order valence-electron chi connectivity index (χ3n) is 3.14. The maximum atomic E-state index is 6.17. The molecule has 0 aromatic heterocycles. The van der Waals surface area contributed by atoms with E-state index >= 15 is 0 Å². The van der Waals surface area contributed by atoms with Gasteiger partial charge in [0.15, 0.2) is 0 Å². The van der Waals surface area contributed by atoms with Crippen LogP contribution in [-0.4, -0.2) is 12.6 Å². The van der Waals surface area contributed by atoms with E-state index in [1.165, 1.54) is 0 Å². The molecule has 1 rings (SSSR count). The van der Waals surface area contributed by atoms with Gasteiger partial charge in [-0.1, -0.05) is 6.07 Å². The van der Waals surface area contributed by atoms with Gasteiger partial charge in [0, 0.05) is 11.6 Å². The Bertz CT molecular complexity index is 380. The molecule has 0 amide bonds. The first-order valence-corrected chi connectivity index (χ1v) is 5.47. The fraction of sp³-hybridized carbons (Fsp3) is 0.538. The molecule has 0 heterocycles. The molecule has 0 saturated carbocycles. The van der Waals surface area contributed by atoms with E-state index in [2.05, 4.69) is 6.92 Å². The fourth-order valence-corrected chi connectivity index (χ4v) is 1.78. The number of methoxy groups -OCH3 is 1. The average molecular weight is 222 g/mol. The first-order valence-electron chi connectivity index (χ1n) is 5.47. The summed E-state index contributed by atoms with van der Waals surface area (Å²) in [7, 11) is 1.67. The first-order chi connectivity index (χ1) is 7.29. The largest absolute Gasteiger partial charge is 0.496 e. The monoisotopic (exact) mass is 222 g/mol. The summed E-state index contributed by atoms with van der Waals surface area (Å²) >= 11 is 0. The summed E-state index contributed by atoms with van der Waals surface area (Å²) in [5.41, 5.74) is 15.2. The molecule has 1 aromatic carbocycles. The van der Waals surface area contributed by atoms with Crippen molar-refractivity contribution in [2.75, 3.05) is 7.11 Å². The Hall–Kier alpha value is -1.06. The molecule has 3 heteroatoms. The molecule has 1 aromatic rings. The van der Waals surface area contributed by atoms with Gasteiger partial charge >= 0.3 is 0 Å². The van der Waals surface area contributed by atoms with Crippen molar-refractivity contribution < 1.29 is 4.74 Å². The summed E-state index contributed by atoms with van der Waals surface area (Å²) in [6.07, 6.45) is 0. The molecule has 0 aliphatic rings. The predicted molar refractivity (Wildman–Crippen MR) is 67.7 cm³/mol. The van der Waals surface area contributed by atoms with Crippen molar-refractivity contribution >= 4 is 0 Å². The number of ether oxygens (including phenoxy) is 1. The van der Waals surface area contributed by atoms with E-state index in [4.69, 9.17) is 16.2 Å². The molecule has 3 nitrogen and oxygen atoms in total. The van der Waals surface area contributed by atoms with Crippen LogP contribution in [0, 0.1) is 13.8 Å². The Morgan fingerprint density at radius 3 is 2.19 bits per heavy atom. The number of benzene rings is 1. The van der Waals surface area contributed by atoms with Gasteiger partial charge in [0.1, 0.15) is 5.75 Å². The summed E-state index contributed by atoms with van der Waals surface area (Å²) < 4.78 is 5.27. The van der Waals surface area contributed by atoms with Gasteiger partial charge in [0.05, 0.1) is 7.11 Å². The minimum Gasteiger partial charge on any atom is -0.496 e. The molecular weight excluding hydrogens is 200 g/mol. The van der Waals surface area contributed by atoms with Crippen LogP contribution in [0.5, 0.6) is 5.75 Å². The molecule has 0 spiro atoms. The van der Waals surface area contributed by atoms with Crippen molar-refractivity contribution in [3.63, 3.8) is 0 Å². The number of hydrogen-bond acceptors (Lipinski definition) is 3. The SMILES string of the molecule is COc1ccc(C(N)C(C)(C)N)c(C)c1C. The van der Waals surface area contributed by atoms with E-state index < -0.39 is 5.54 Å². The summed E-state index contributed by atoms with van der Waals surface area (Å²) in [6.45, 7) is 7.97. The van der Waals surface area contributed by atoms with Crippen molar-refractivity contribution in [1.82, 2.24) is 0 Å². The molecule has 0 aliphatic heterocycles. The van der Waals surface area contributed by atoms with E-state index in [9.17, 15) is 0 Å². The Morgan fingerprint density at radius 1 is 1.19 bits per heavy atom. The van der Waals surface area contributed by atoms with Crippen molar-refractivity contribution in [1.29, 1.82) is 0 Å². The third-order valence-corrected chi connectivity index (χ3v) is 3.14. The van der Waals surface area contributed by atoms with Crippen LogP contribution in [0.4, 0.5) is 0 Å². The number of hydrogen-bond donors (Lipinski definition) is 2. The van der Waals surface area contributed by atoms with Crippen molar-refractivity contribution in [2.45, 2.75) is 39.3 Å². The molecule has 0 saturated heterocycles. The molecule has 1 atom stereocenters. The average Bonchev–Trinajstić information content (AvgIpc) is 2.20. The summed E-state index contributed by atoms with van der Waals surface area (Å²) in [4.78, 5) is 0. The highest BCUT2D eigenvalue weighted by molar-refractivity contribution is 5.45. The van der Waals surface area contributed by atoms with Gasteiger partial charge in [-0.05, 0) is 50.5 Å². The quantitative estimate of drug-likeness (QED) is 0.822. The zero-order valence-electron chi connectivity index (χ0n) is 10.8. The van der Waals surface area contributed by atoms with Crippen LogP contribution < -0.4 is 16.2 Å². The Balaban J connectivity index is 3.22. The Labute approximate surface area is 97.8 Å². The molecular formula is C13H22N2O. The van der Waals surface area contributed by atoms with Gasteiger partial charge in [-0.3, -0.25) is 0 Å². The fourth-order valence-electron chi connectivity index (χ4n) is 1.78. The van der Waals surface area contributed by atoms with Gasteiger partial charge in [0.2, 0.25) is 0 Å². The van der Waals surface area contributed by atoms with E-state index in [0.29, 0.717) is 0 Å². The highest BCUT2D eigenvalue weighted by Gasteiger charge is 2.25. The standard InChI is InChI=1S/C13H22N2O/c1-8-9(2)11(16-5)7-6-10(8)12(14)13(3,4)15/h6-7,12H,14-15H2,1-5H3. The topological polar surface area (TPSA) is 61.3 Å². The normalized spacial score (nSPS) is 13.7. The van der Waals surface area contributed by atoms with Gasteiger partial charge < -0.3 is 16.2 Å². The minimum absolute atomic E-state index is 0.169. The second kappa shape index (κ2) is 4.44. The van der Waals surface area contributed by atoms with E-state index in [1.54, 1.807) is 7.11 Å². The van der Waals surface area contributed by atoms with Crippen LogP contribution in [0.3, 0.4) is 0 Å². The molecule has 0 radical (unpaired) electrons. The van der Waals surface area contributed by atoms with Gasteiger partial charge in [-0.2, -0.15) is 0 Å². The van der Waals surface area contributed by atoms with Gasteiger partial charge in [-0.25, -0.2) is 0 Å². The Morgan fingerprint density at radius 2 is 1.75 bits per heavy atom. The molecule has 16 heavy (non-hydrogen) atoms. The summed E-state index contributed by atoms with van der Waals surface area (Å²) in [5.74, 6) is 0.892. The second-order valence-corrected chi connectivity index (χ2v) is 4.91. The molecule has 0 bridgehead atoms. The zero-order chi connectivity index (χ0) is 12.5. The summed E-state index contributed by atoms with van der Waals surface area (Å²) in [6, 6.07) is 3.78. The number of nitrogens with two attached hydrogens (primary N) is 2. The number of rotatable bonds is 3. The molecule has 1 unspecified atom stereocenters. The minimum atomic E-state index is -0.425. The van der Waals surface area contributed by atoms with Gasteiger partial charge in [-0.15, -0.1) is 0 Å². The van der Waals surface area contributed by atoms with Gasteiger partial charge in [0.25, 0.3) is 0 Å². The predicted octanol–water partition coefficient (Wildman–Crippen LogP) is 2.05. The van der Waals surface area contributed by atoms with Crippen LogP contribution in [0.2, 0.25) is 0 Å². The molecule has 0 aliphatic carbocycles. The molecule has 90 valence electrons. The summed E-state index contributed by atoms with van der Waals surface area (Å²) in [5, 5.41) is 0. The van der Waals surface area contributed by atoms with E-state index in [0.717, 1.165) is 22.4 Å². The molecule has 4 N–H and O–H groups in total. The zero-order valence-corrected chi connectivity index (χ0v) is 10.8. The first kappa shape index (κ1) is 13.0. The van der Waals surface area contributed by atoms with Crippen LogP contribution in [0.25, 0.3) is 0 Å². The van der Waals surface area contributed by atoms with E-state index in [1.807, 2.05) is 32.9 Å². The highest BCUT2D eigenvalue weighted by Crippen LogP contribution is 2.30. The van der Waals surface area contributed by atoms with Crippen molar-refractivity contribution in [3.05, 3.63) is 28.8 Å². The van der Waals surface area contributed by atoms with Crippen LogP contribution in [0.15, 0.2) is 12.1 Å². The lowest BCUT2D eigenvalue weighted by molar-refractivity contribution is 0.405. The second-order valence-electron chi connectivity index (χ2n) is 4.91. The van der Waals surface area contributed by atoms with Crippen LogP contribution in [-0.2, 0) is 0 Å². The lowest BCUT2D eigenvalue weighted by atomic mass is 9.86. The smallest absolute Gasteiger partial charge is 0.122 e. The maximum absolute atomic E-state index is 6.17. The van der Waals surface area contributed by atoms with E-state index in [-0.39, 0.29) is 6.04 Å². The highest BCUT2D eigenvalue weighted by atomic mass is 16.5. The Kier molecular flexibility index (Phi) is 3.61. The lowest BCUT2D eigenvalue weighted by Gasteiger charge is -2.29. The molecule has 0 fully saturated rings. The third kappa shape index (κ3) is 2.36.